The SMILES string of the molecule is CCCCN(C(=O)c1cnn(-c2ccc(Cl)cc2)c1)C1CC(C)(C)NC(C)(C)C1. The highest BCUT2D eigenvalue weighted by atomic mass is 35.5. The lowest BCUT2D eigenvalue weighted by atomic mass is 9.79. The largest absolute Gasteiger partial charge is 0.335 e. The molecule has 3 rings (SSSR count). The van der Waals surface area contributed by atoms with Crippen molar-refractivity contribution < 1.29 is 4.79 Å². The van der Waals surface area contributed by atoms with Crippen LogP contribution in [0.4, 0.5) is 0 Å². The number of rotatable bonds is 6. The zero-order valence-electron chi connectivity index (χ0n) is 18.2. The summed E-state index contributed by atoms with van der Waals surface area (Å²) in [4.78, 5) is 15.6. The van der Waals surface area contributed by atoms with Crippen molar-refractivity contribution in [3.05, 3.63) is 47.2 Å². The van der Waals surface area contributed by atoms with Crippen LogP contribution in [0.15, 0.2) is 36.7 Å². The van der Waals surface area contributed by atoms with Gasteiger partial charge in [-0.15, -0.1) is 0 Å². The molecule has 0 saturated carbocycles. The van der Waals surface area contributed by atoms with Crippen molar-refractivity contribution >= 4 is 17.5 Å². The van der Waals surface area contributed by atoms with Gasteiger partial charge in [-0.2, -0.15) is 5.10 Å². The average Bonchev–Trinajstić information content (AvgIpc) is 3.10. The van der Waals surface area contributed by atoms with E-state index in [1.54, 1.807) is 10.9 Å². The molecule has 1 fully saturated rings. The number of amides is 1. The molecule has 1 aromatic heterocycles. The standard InChI is InChI=1S/C23H33ClN4O/c1-6-7-12-27(20-13-22(2,3)26-23(4,5)14-20)21(29)17-15-25-28(16-17)19-10-8-18(24)9-11-19/h8-11,15-16,20,26H,6-7,12-14H2,1-5H3. The molecule has 2 aromatic rings. The number of carbonyl (C=O) groups is 1. The summed E-state index contributed by atoms with van der Waals surface area (Å²) < 4.78 is 1.73. The molecule has 29 heavy (non-hydrogen) atoms. The number of halogens is 1. The molecular formula is C23H33ClN4O. The van der Waals surface area contributed by atoms with Crippen molar-refractivity contribution in [1.29, 1.82) is 0 Å². The summed E-state index contributed by atoms with van der Waals surface area (Å²) in [6, 6.07) is 7.66. The van der Waals surface area contributed by atoms with Crippen LogP contribution in [0.2, 0.25) is 5.02 Å². The summed E-state index contributed by atoms with van der Waals surface area (Å²) in [7, 11) is 0. The van der Waals surface area contributed by atoms with Crippen LogP contribution in [0, 0.1) is 0 Å². The van der Waals surface area contributed by atoms with Crippen molar-refractivity contribution in [2.24, 2.45) is 0 Å². The molecular weight excluding hydrogens is 384 g/mol. The predicted octanol–water partition coefficient (Wildman–Crippen LogP) is 5.08. The highest BCUT2D eigenvalue weighted by molar-refractivity contribution is 6.30. The monoisotopic (exact) mass is 416 g/mol. The Kier molecular flexibility index (Phi) is 6.39. The molecule has 6 heteroatoms. The zero-order valence-corrected chi connectivity index (χ0v) is 19.0. The second-order valence-corrected chi connectivity index (χ2v) is 9.89. The van der Waals surface area contributed by atoms with Crippen molar-refractivity contribution in [3.63, 3.8) is 0 Å². The van der Waals surface area contributed by atoms with E-state index < -0.39 is 0 Å². The molecule has 0 aliphatic carbocycles. The minimum atomic E-state index is -0.00928. The highest BCUT2D eigenvalue weighted by Crippen LogP contribution is 2.32. The second kappa shape index (κ2) is 8.49. The third-order valence-electron chi connectivity index (χ3n) is 5.54. The van der Waals surface area contributed by atoms with Gasteiger partial charge in [-0.3, -0.25) is 4.79 Å². The molecule has 0 radical (unpaired) electrons. The van der Waals surface area contributed by atoms with Gasteiger partial charge < -0.3 is 10.2 Å². The number of hydrogen-bond acceptors (Lipinski definition) is 3. The van der Waals surface area contributed by atoms with E-state index in [1.165, 1.54) is 0 Å². The van der Waals surface area contributed by atoms with Crippen molar-refractivity contribution in [2.75, 3.05) is 6.54 Å². The Bertz CT molecular complexity index is 825. The average molecular weight is 417 g/mol. The van der Waals surface area contributed by atoms with Crippen LogP contribution in [0.5, 0.6) is 0 Å². The van der Waals surface area contributed by atoms with Crippen LogP contribution in [0.1, 0.15) is 70.7 Å². The molecule has 2 heterocycles. The lowest BCUT2D eigenvalue weighted by Gasteiger charge is -2.49. The molecule has 1 aromatic carbocycles. The molecule has 0 atom stereocenters. The van der Waals surface area contributed by atoms with Crippen LogP contribution in [-0.2, 0) is 0 Å². The Morgan fingerprint density at radius 1 is 1.21 bits per heavy atom. The third-order valence-corrected chi connectivity index (χ3v) is 5.80. The maximum Gasteiger partial charge on any atom is 0.257 e. The van der Waals surface area contributed by atoms with Gasteiger partial charge >= 0.3 is 0 Å². The Morgan fingerprint density at radius 2 is 1.83 bits per heavy atom. The summed E-state index contributed by atoms with van der Waals surface area (Å²) in [5.41, 5.74) is 1.50. The van der Waals surface area contributed by atoms with E-state index in [-0.39, 0.29) is 23.0 Å². The van der Waals surface area contributed by atoms with Crippen molar-refractivity contribution in [3.8, 4) is 5.69 Å². The summed E-state index contributed by atoms with van der Waals surface area (Å²) >= 11 is 5.98. The number of piperidine rings is 1. The molecule has 158 valence electrons. The lowest BCUT2D eigenvalue weighted by Crippen LogP contribution is -2.62. The Morgan fingerprint density at radius 3 is 2.41 bits per heavy atom. The van der Waals surface area contributed by atoms with Crippen LogP contribution < -0.4 is 5.32 Å². The van der Waals surface area contributed by atoms with E-state index in [9.17, 15) is 4.79 Å². The van der Waals surface area contributed by atoms with Crippen LogP contribution in [0.3, 0.4) is 0 Å². The first-order valence-electron chi connectivity index (χ1n) is 10.5. The highest BCUT2D eigenvalue weighted by Gasteiger charge is 2.41. The van der Waals surface area contributed by atoms with Gasteiger partial charge in [-0.25, -0.2) is 4.68 Å². The molecule has 0 spiro atoms. The van der Waals surface area contributed by atoms with Gasteiger partial charge in [-0.05, 0) is 71.2 Å². The van der Waals surface area contributed by atoms with Crippen LogP contribution in [0.25, 0.3) is 5.69 Å². The van der Waals surface area contributed by atoms with E-state index in [1.807, 2.05) is 30.5 Å². The smallest absolute Gasteiger partial charge is 0.257 e. The van der Waals surface area contributed by atoms with Crippen LogP contribution >= 0.6 is 11.6 Å². The van der Waals surface area contributed by atoms with Gasteiger partial charge in [-0.1, -0.05) is 24.9 Å². The fourth-order valence-electron chi connectivity index (χ4n) is 4.60. The van der Waals surface area contributed by atoms with E-state index in [0.29, 0.717) is 10.6 Å². The number of hydrogen-bond donors (Lipinski definition) is 1. The number of carbonyl (C=O) groups excluding carboxylic acids is 1. The minimum Gasteiger partial charge on any atom is -0.335 e. The normalized spacial score (nSPS) is 18.6. The predicted molar refractivity (Wildman–Crippen MR) is 119 cm³/mol. The Hall–Kier alpha value is -1.85. The first kappa shape index (κ1) is 21.8. The summed E-state index contributed by atoms with van der Waals surface area (Å²) in [6.45, 7) is 11.8. The molecule has 1 aliphatic heterocycles. The fraction of sp³-hybridized carbons (Fsp3) is 0.565. The van der Waals surface area contributed by atoms with E-state index in [0.717, 1.165) is 37.9 Å². The zero-order chi connectivity index (χ0) is 21.2. The van der Waals surface area contributed by atoms with Gasteiger partial charge in [0.15, 0.2) is 0 Å². The number of nitrogens with one attached hydrogen (secondary N) is 1. The van der Waals surface area contributed by atoms with Crippen molar-refractivity contribution in [2.45, 2.75) is 77.4 Å². The molecule has 1 aliphatic rings. The lowest BCUT2D eigenvalue weighted by molar-refractivity contribution is 0.0441. The van der Waals surface area contributed by atoms with Gasteiger partial charge in [0, 0.05) is 34.9 Å². The molecule has 0 bridgehead atoms. The first-order valence-corrected chi connectivity index (χ1v) is 10.9. The van der Waals surface area contributed by atoms with Gasteiger partial charge in [0.25, 0.3) is 5.91 Å². The molecule has 5 nitrogen and oxygen atoms in total. The fourth-order valence-corrected chi connectivity index (χ4v) is 4.73. The topological polar surface area (TPSA) is 50.2 Å². The minimum absolute atomic E-state index is 0.00928. The Balaban J connectivity index is 1.85. The van der Waals surface area contributed by atoms with Gasteiger partial charge in [0.1, 0.15) is 0 Å². The summed E-state index contributed by atoms with van der Waals surface area (Å²) in [5, 5.41) is 8.81. The number of benzene rings is 1. The number of nitrogens with zero attached hydrogens (tertiary/aromatic N) is 3. The van der Waals surface area contributed by atoms with E-state index in [2.05, 4.69) is 49.9 Å². The summed E-state index contributed by atoms with van der Waals surface area (Å²) in [5.74, 6) is 0.0668. The maximum absolute atomic E-state index is 13.5. The second-order valence-electron chi connectivity index (χ2n) is 9.46. The number of unbranched alkanes of at least 4 members (excludes halogenated alkanes) is 1. The Labute approximate surface area is 179 Å². The quantitative estimate of drug-likeness (QED) is 0.714. The maximum atomic E-state index is 13.5. The molecule has 0 unspecified atom stereocenters. The van der Waals surface area contributed by atoms with E-state index >= 15 is 0 Å². The third kappa shape index (κ3) is 5.40. The van der Waals surface area contributed by atoms with Gasteiger partial charge in [0.2, 0.25) is 0 Å². The van der Waals surface area contributed by atoms with E-state index in [4.69, 9.17) is 11.6 Å². The summed E-state index contributed by atoms with van der Waals surface area (Å²) in [6.07, 6.45) is 7.44. The van der Waals surface area contributed by atoms with Crippen molar-refractivity contribution in [1.82, 2.24) is 20.0 Å². The van der Waals surface area contributed by atoms with Crippen LogP contribution in [-0.4, -0.2) is 44.3 Å². The molecule has 1 saturated heterocycles. The number of aromatic nitrogens is 2. The first-order chi connectivity index (χ1) is 13.6. The molecule has 1 N–H and O–H groups in total. The van der Waals surface area contributed by atoms with Gasteiger partial charge in [0.05, 0.1) is 17.4 Å². The molecule has 1 amide bonds.